The smallest absolute Gasteiger partial charge is 0.0471 e. The summed E-state index contributed by atoms with van der Waals surface area (Å²) < 4.78 is 0. The molecule has 1 nitrogen and oxygen atoms in total. The number of nitrogens with one attached hydrogen (secondary N) is 1. The van der Waals surface area contributed by atoms with Gasteiger partial charge in [0.2, 0.25) is 0 Å². The number of para-hydroxylation sites is 1. The molecule has 0 fully saturated rings. The summed E-state index contributed by atoms with van der Waals surface area (Å²) in [5, 5.41) is 7.90. The molecule has 1 heteroatoms. The minimum absolute atomic E-state index is 1.20. The highest BCUT2D eigenvalue weighted by atomic mass is 14.7. The largest absolute Gasteiger partial charge is 0.354 e. The highest BCUT2D eigenvalue weighted by Gasteiger charge is 2.09. The highest BCUT2D eigenvalue weighted by molar-refractivity contribution is 6.27. The number of aromatic nitrogens is 1. The van der Waals surface area contributed by atoms with Crippen LogP contribution in [0.5, 0.6) is 0 Å². The molecule has 98 valence electrons. The molecule has 1 N–H and O–H groups in total. The predicted octanol–water partition coefficient (Wildman–Crippen LogP) is 5.63. The van der Waals surface area contributed by atoms with Crippen LogP contribution in [-0.4, -0.2) is 4.98 Å². The lowest BCUT2D eigenvalue weighted by Gasteiger charge is -2.05. The van der Waals surface area contributed by atoms with Gasteiger partial charge in [-0.1, -0.05) is 60.7 Å². The number of benzene rings is 4. The van der Waals surface area contributed by atoms with Crippen molar-refractivity contribution in [2.45, 2.75) is 0 Å². The Balaban J connectivity index is 2.19. The molecule has 0 bridgehead atoms. The fourth-order valence-electron chi connectivity index (χ4n) is 3.44. The fraction of sp³-hybridized carbons (Fsp3) is 0. The van der Waals surface area contributed by atoms with E-state index >= 15 is 0 Å². The van der Waals surface area contributed by atoms with Gasteiger partial charge in [-0.25, -0.2) is 0 Å². The average Bonchev–Trinajstić information content (AvgIpc) is 2.93. The van der Waals surface area contributed by atoms with Crippen LogP contribution in [0.25, 0.3) is 43.4 Å². The van der Waals surface area contributed by atoms with Gasteiger partial charge < -0.3 is 4.98 Å². The van der Waals surface area contributed by atoms with Gasteiger partial charge in [0, 0.05) is 21.8 Å². The summed E-state index contributed by atoms with van der Waals surface area (Å²) in [4.78, 5) is 3.53. The summed E-state index contributed by atoms with van der Waals surface area (Å²) in [5.74, 6) is 0. The molecule has 0 unspecified atom stereocenters. The Hall–Kier alpha value is -2.80. The van der Waals surface area contributed by atoms with Gasteiger partial charge in [-0.2, -0.15) is 0 Å². The van der Waals surface area contributed by atoms with Crippen molar-refractivity contribution in [3.05, 3.63) is 72.8 Å². The van der Waals surface area contributed by atoms with Gasteiger partial charge in [-0.05, 0) is 33.7 Å². The van der Waals surface area contributed by atoms with Crippen molar-refractivity contribution < 1.29 is 0 Å². The normalized spacial score (nSPS) is 11.8. The van der Waals surface area contributed by atoms with E-state index in [2.05, 4.69) is 77.8 Å². The van der Waals surface area contributed by atoms with Crippen LogP contribution in [0.1, 0.15) is 0 Å². The molecule has 4 aromatic carbocycles. The summed E-state index contributed by atoms with van der Waals surface area (Å²) in [6.45, 7) is 0. The van der Waals surface area contributed by atoms with Crippen LogP contribution >= 0.6 is 0 Å². The molecule has 0 aliphatic heterocycles. The van der Waals surface area contributed by atoms with Crippen molar-refractivity contribution >= 4 is 43.4 Å². The third kappa shape index (κ3) is 1.40. The average molecular weight is 267 g/mol. The van der Waals surface area contributed by atoms with Crippen molar-refractivity contribution in [2.24, 2.45) is 0 Å². The van der Waals surface area contributed by atoms with Gasteiger partial charge in [0.15, 0.2) is 0 Å². The Kier molecular flexibility index (Phi) is 2.01. The third-order valence-corrected chi connectivity index (χ3v) is 4.38. The van der Waals surface area contributed by atoms with Crippen molar-refractivity contribution in [3.63, 3.8) is 0 Å². The van der Waals surface area contributed by atoms with E-state index in [4.69, 9.17) is 0 Å². The van der Waals surface area contributed by atoms with Crippen LogP contribution in [-0.2, 0) is 0 Å². The lowest BCUT2D eigenvalue weighted by Crippen LogP contribution is -1.79. The minimum atomic E-state index is 1.20. The lowest BCUT2D eigenvalue weighted by atomic mass is 9.97. The third-order valence-electron chi connectivity index (χ3n) is 4.38. The molecule has 0 aliphatic rings. The van der Waals surface area contributed by atoms with Crippen LogP contribution in [0.3, 0.4) is 0 Å². The minimum Gasteiger partial charge on any atom is -0.354 e. The van der Waals surface area contributed by atoms with E-state index in [1.165, 1.54) is 43.4 Å². The molecule has 0 aliphatic carbocycles. The van der Waals surface area contributed by atoms with E-state index in [9.17, 15) is 0 Å². The topological polar surface area (TPSA) is 15.8 Å². The van der Waals surface area contributed by atoms with Crippen molar-refractivity contribution in [2.75, 3.05) is 0 Å². The summed E-state index contributed by atoms with van der Waals surface area (Å²) in [6, 6.07) is 26.0. The number of fused-ring (bicyclic) bond motifs is 7. The molecule has 0 radical (unpaired) electrons. The van der Waals surface area contributed by atoms with Gasteiger partial charge in [-0.3, -0.25) is 0 Å². The van der Waals surface area contributed by atoms with E-state index < -0.39 is 0 Å². The maximum atomic E-state index is 3.53. The Morgan fingerprint density at radius 1 is 0.476 bits per heavy atom. The van der Waals surface area contributed by atoms with E-state index in [1.54, 1.807) is 0 Å². The van der Waals surface area contributed by atoms with Crippen molar-refractivity contribution in [3.8, 4) is 0 Å². The van der Waals surface area contributed by atoms with Crippen LogP contribution in [0, 0.1) is 0 Å². The van der Waals surface area contributed by atoms with Crippen LogP contribution < -0.4 is 0 Å². The Morgan fingerprint density at radius 2 is 1.19 bits per heavy atom. The monoisotopic (exact) mass is 267 g/mol. The number of H-pyrrole nitrogens is 1. The van der Waals surface area contributed by atoms with Gasteiger partial charge in [0.1, 0.15) is 0 Å². The number of aromatic amines is 1. The van der Waals surface area contributed by atoms with Crippen LogP contribution in [0.15, 0.2) is 72.8 Å². The SMILES string of the molecule is c1ccc2c(c1)ccc1ccc3[nH]c4ccccc4c3c12. The molecule has 0 atom stereocenters. The zero-order valence-electron chi connectivity index (χ0n) is 11.4. The first-order valence-electron chi connectivity index (χ1n) is 7.23. The molecule has 21 heavy (non-hydrogen) atoms. The Labute approximate surface area is 121 Å². The highest BCUT2D eigenvalue weighted by Crippen LogP contribution is 2.36. The summed E-state index contributed by atoms with van der Waals surface area (Å²) >= 11 is 0. The van der Waals surface area contributed by atoms with Crippen molar-refractivity contribution in [1.29, 1.82) is 0 Å². The van der Waals surface area contributed by atoms with E-state index in [-0.39, 0.29) is 0 Å². The van der Waals surface area contributed by atoms with Gasteiger partial charge >= 0.3 is 0 Å². The number of hydrogen-bond acceptors (Lipinski definition) is 0. The number of hydrogen-bond donors (Lipinski definition) is 1. The first-order valence-corrected chi connectivity index (χ1v) is 7.23. The predicted molar refractivity (Wildman–Crippen MR) is 90.8 cm³/mol. The van der Waals surface area contributed by atoms with E-state index in [1.807, 2.05) is 0 Å². The fourth-order valence-corrected chi connectivity index (χ4v) is 3.44. The quantitative estimate of drug-likeness (QED) is 0.350. The van der Waals surface area contributed by atoms with E-state index in [0.29, 0.717) is 0 Å². The summed E-state index contributed by atoms with van der Waals surface area (Å²) in [5.41, 5.74) is 2.41. The maximum Gasteiger partial charge on any atom is 0.0471 e. The summed E-state index contributed by atoms with van der Waals surface area (Å²) in [6.07, 6.45) is 0. The second-order valence-electron chi connectivity index (χ2n) is 5.54. The lowest BCUT2D eigenvalue weighted by molar-refractivity contribution is 1.55. The molecule has 0 saturated carbocycles. The van der Waals surface area contributed by atoms with Crippen LogP contribution in [0.4, 0.5) is 0 Å². The van der Waals surface area contributed by atoms with Gasteiger partial charge in [0.25, 0.3) is 0 Å². The molecule has 5 rings (SSSR count). The zero-order valence-corrected chi connectivity index (χ0v) is 11.4. The molecule has 0 amide bonds. The first kappa shape index (κ1) is 10.9. The molecule has 1 aromatic heterocycles. The van der Waals surface area contributed by atoms with Crippen molar-refractivity contribution in [1.82, 2.24) is 4.98 Å². The standard InChI is InChI=1S/C20H13N/c1-2-6-15-13(5-1)9-10-14-11-12-18-20(19(14)15)16-7-3-4-8-17(16)21-18/h1-12,21H. The second kappa shape index (κ2) is 3.86. The Bertz CT molecular complexity index is 1130. The van der Waals surface area contributed by atoms with Gasteiger partial charge in [-0.15, -0.1) is 0 Å². The maximum absolute atomic E-state index is 3.53. The van der Waals surface area contributed by atoms with Crippen LogP contribution in [0.2, 0.25) is 0 Å². The summed E-state index contributed by atoms with van der Waals surface area (Å²) in [7, 11) is 0. The molecule has 0 spiro atoms. The Morgan fingerprint density at radius 3 is 2.14 bits per heavy atom. The zero-order chi connectivity index (χ0) is 13.8. The molecule has 5 aromatic rings. The number of rotatable bonds is 0. The van der Waals surface area contributed by atoms with E-state index in [0.717, 1.165) is 0 Å². The molecular formula is C20H13N. The molecule has 0 saturated heterocycles. The van der Waals surface area contributed by atoms with Gasteiger partial charge in [0.05, 0.1) is 0 Å². The molecular weight excluding hydrogens is 254 g/mol. The first-order chi connectivity index (χ1) is 10.4. The second-order valence-corrected chi connectivity index (χ2v) is 5.54. The molecule has 1 heterocycles.